The molecule has 0 atom stereocenters. The summed E-state index contributed by atoms with van der Waals surface area (Å²) in [6.07, 6.45) is 1.35. The highest BCUT2D eigenvalue weighted by Gasteiger charge is 2.30. The molecule has 0 unspecified atom stereocenters. The van der Waals surface area contributed by atoms with Crippen molar-refractivity contribution < 1.29 is 18.0 Å². The number of rotatable bonds is 5. The highest BCUT2D eigenvalue weighted by atomic mass is 19.4. The van der Waals surface area contributed by atoms with Crippen LogP contribution in [-0.4, -0.2) is 22.8 Å². The predicted molar refractivity (Wildman–Crippen MR) is 83.4 cm³/mol. The first kappa shape index (κ1) is 18.7. The Labute approximate surface area is 133 Å². The zero-order valence-electron chi connectivity index (χ0n) is 13.3. The SMILES string of the molecule is C=C/C(C)=C(\C=C/C)C(=O)N(C)Cc1ccc(C(F)(F)F)cn1. The van der Waals surface area contributed by atoms with Crippen molar-refractivity contribution >= 4 is 5.91 Å². The van der Waals surface area contributed by atoms with Gasteiger partial charge in [-0.05, 0) is 31.6 Å². The van der Waals surface area contributed by atoms with E-state index >= 15 is 0 Å². The van der Waals surface area contributed by atoms with E-state index in [2.05, 4.69) is 11.6 Å². The molecule has 3 nitrogen and oxygen atoms in total. The minimum atomic E-state index is -4.42. The summed E-state index contributed by atoms with van der Waals surface area (Å²) in [5, 5.41) is 0. The van der Waals surface area contributed by atoms with Crippen LogP contribution in [-0.2, 0) is 17.5 Å². The number of alkyl halides is 3. The van der Waals surface area contributed by atoms with E-state index in [1.54, 1.807) is 39.1 Å². The molecular weight excluding hydrogens is 305 g/mol. The number of halogens is 3. The maximum absolute atomic E-state index is 12.5. The Hall–Kier alpha value is -2.37. The summed E-state index contributed by atoms with van der Waals surface area (Å²) >= 11 is 0. The van der Waals surface area contributed by atoms with E-state index in [1.165, 1.54) is 11.0 Å². The van der Waals surface area contributed by atoms with Crippen LogP contribution < -0.4 is 0 Å². The minimum Gasteiger partial charge on any atom is -0.336 e. The van der Waals surface area contributed by atoms with Gasteiger partial charge in [0.15, 0.2) is 0 Å². The molecule has 1 heterocycles. The molecule has 0 fully saturated rings. The van der Waals surface area contributed by atoms with E-state index in [9.17, 15) is 18.0 Å². The average Bonchev–Trinajstić information content (AvgIpc) is 2.50. The number of carbonyl (C=O) groups excluding carboxylic acids is 1. The number of amides is 1. The largest absolute Gasteiger partial charge is 0.417 e. The molecule has 124 valence electrons. The Morgan fingerprint density at radius 3 is 2.48 bits per heavy atom. The van der Waals surface area contributed by atoms with Gasteiger partial charge in [-0.1, -0.05) is 24.8 Å². The van der Waals surface area contributed by atoms with Crippen molar-refractivity contribution in [1.82, 2.24) is 9.88 Å². The second-order valence-electron chi connectivity index (χ2n) is 5.00. The normalized spacial score (nSPS) is 13.0. The number of aromatic nitrogens is 1. The van der Waals surface area contributed by atoms with Gasteiger partial charge in [-0.2, -0.15) is 13.2 Å². The standard InChI is InChI=1S/C17H19F3N2O/c1-5-7-15(12(3)6-2)16(23)22(4)11-14-9-8-13(10-21-14)17(18,19)20/h5-10H,2,11H2,1,3-4H3/b7-5-,15-12+. The number of allylic oxidation sites excluding steroid dienone is 3. The summed E-state index contributed by atoms with van der Waals surface area (Å²) < 4.78 is 37.5. The first-order valence-electron chi connectivity index (χ1n) is 6.94. The van der Waals surface area contributed by atoms with E-state index in [0.29, 0.717) is 11.3 Å². The molecule has 1 amide bonds. The highest BCUT2D eigenvalue weighted by molar-refractivity contribution is 5.97. The summed E-state index contributed by atoms with van der Waals surface area (Å²) in [6, 6.07) is 2.23. The number of pyridine rings is 1. The van der Waals surface area contributed by atoms with E-state index in [1.807, 2.05) is 0 Å². The third kappa shape index (κ3) is 5.09. The third-order valence-corrected chi connectivity index (χ3v) is 3.19. The zero-order chi connectivity index (χ0) is 17.6. The van der Waals surface area contributed by atoms with E-state index < -0.39 is 11.7 Å². The molecule has 0 saturated carbocycles. The third-order valence-electron chi connectivity index (χ3n) is 3.19. The second-order valence-corrected chi connectivity index (χ2v) is 5.00. The second kappa shape index (κ2) is 7.76. The van der Waals surface area contributed by atoms with Crippen LogP contribution in [0.2, 0.25) is 0 Å². The van der Waals surface area contributed by atoms with Crippen molar-refractivity contribution in [3.05, 3.63) is 65.5 Å². The Morgan fingerprint density at radius 1 is 1.39 bits per heavy atom. The van der Waals surface area contributed by atoms with Gasteiger partial charge in [0.2, 0.25) is 0 Å². The molecule has 0 spiro atoms. The van der Waals surface area contributed by atoms with Gasteiger partial charge in [-0.15, -0.1) is 0 Å². The van der Waals surface area contributed by atoms with Crippen LogP contribution in [0.1, 0.15) is 25.1 Å². The lowest BCUT2D eigenvalue weighted by atomic mass is 10.1. The van der Waals surface area contributed by atoms with E-state index in [4.69, 9.17) is 0 Å². The van der Waals surface area contributed by atoms with Gasteiger partial charge in [0, 0.05) is 18.8 Å². The molecule has 0 aliphatic rings. The fourth-order valence-electron chi connectivity index (χ4n) is 1.85. The Balaban J connectivity index is 2.92. The fourth-order valence-corrected chi connectivity index (χ4v) is 1.85. The van der Waals surface area contributed by atoms with Crippen molar-refractivity contribution in [2.24, 2.45) is 0 Å². The van der Waals surface area contributed by atoms with Crippen LogP contribution in [0.5, 0.6) is 0 Å². The van der Waals surface area contributed by atoms with Crippen LogP contribution >= 0.6 is 0 Å². The number of likely N-dealkylation sites (N-methyl/N-ethyl adjacent to an activating group) is 1. The molecule has 1 rings (SSSR count). The Kier molecular flexibility index (Phi) is 6.30. The molecule has 0 radical (unpaired) electrons. The van der Waals surface area contributed by atoms with Crippen LogP contribution in [0, 0.1) is 0 Å². The molecule has 1 aromatic heterocycles. The number of nitrogens with zero attached hydrogens (tertiary/aromatic N) is 2. The summed E-state index contributed by atoms with van der Waals surface area (Å²) in [4.78, 5) is 17.6. The highest BCUT2D eigenvalue weighted by Crippen LogP contribution is 2.28. The zero-order valence-corrected chi connectivity index (χ0v) is 13.3. The number of hydrogen-bond acceptors (Lipinski definition) is 2. The first-order chi connectivity index (χ1) is 10.7. The average molecular weight is 324 g/mol. The minimum absolute atomic E-state index is 0.114. The van der Waals surface area contributed by atoms with Crippen LogP contribution in [0.4, 0.5) is 13.2 Å². The lowest BCUT2D eigenvalue weighted by Gasteiger charge is -2.18. The van der Waals surface area contributed by atoms with Crippen molar-refractivity contribution in [3.63, 3.8) is 0 Å². The number of hydrogen-bond donors (Lipinski definition) is 0. The monoisotopic (exact) mass is 324 g/mol. The summed E-state index contributed by atoms with van der Waals surface area (Å²) in [6.45, 7) is 7.32. The molecule has 23 heavy (non-hydrogen) atoms. The number of carbonyl (C=O) groups is 1. The molecule has 0 N–H and O–H groups in total. The molecule has 0 bridgehead atoms. The van der Waals surface area contributed by atoms with Gasteiger partial charge in [0.1, 0.15) is 0 Å². The smallest absolute Gasteiger partial charge is 0.336 e. The van der Waals surface area contributed by atoms with Crippen molar-refractivity contribution in [2.45, 2.75) is 26.6 Å². The lowest BCUT2D eigenvalue weighted by Crippen LogP contribution is -2.28. The maximum atomic E-state index is 12.5. The fraction of sp³-hybridized carbons (Fsp3) is 0.294. The van der Waals surface area contributed by atoms with Gasteiger partial charge < -0.3 is 4.90 Å². The van der Waals surface area contributed by atoms with Crippen LogP contribution in [0.15, 0.2) is 54.3 Å². The maximum Gasteiger partial charge on any atom is 0.417 e. The molecule has 0 aliphatic carbocycles. The van der Waals surface area contributed by atoms with E-state index in [-0.39, 0.29) is 12.5 Å². The van der Waals surface area contributed by atoms with Gasteiger partial charge in [-0.25, -0.2) is 0 Å². The molecule has 6 heteroatoms. The van der Waals surface area contributed by atoms with E-state index in [0.717, 1.165) is 17.8 Å². The molecular formula is C17H19F3N2O. The predicted octanol–water partition coefficient (Wildman–Crippen LogP) is 4.14. The van der Waals surface area contributed by atoms with Crippen LogP contribution in [0.25, 0.3) is 0 Å². The summed E-state index contributed by atoms with van der Waals surface area (Å²) in [5.74, 6) is -0.248. The molecule has 0 aromatic carbocycles. The molecule has 0 saturated heterocycles. The van der Waals surface area contributed by atoms with Crippen LogP contribution in [0.3, 0.4) is 0 Å². The topological polar surface area (TPSA) is 33.2 Å². The summed E-state index contributed by atoms with van der Waals surface area (Å²) in [5.41, 5.74) is 0.773. The molecule has 0 aliphatic heterocycles. The van der Waals surface area contributed by atoms with Gasteiger partial charge >= 0.3 is 6.18 Å². The van der Waals surface area contributed by atoms with Gasteiger partial charge in [-0.3, -0.25) is 9.78 Å². The Bertz CT molecular complexity index is 628. The van der Waals surface area contributed by atoms with Crippen molar-refractivity contribution in [1.29, 1.82) is 0 Å². The lowest BCUT2D eigenvalue weighted by molar-refractivity contribution is -0.138. The van der Waals surface area contributed by atoms with Gasteiger partial charge in [0.25, 0.3) is 5.91 Å². The van der Waals surface area contributed by atoms with Gasteiger partial charge in [0.05, 0.1) is 17.8 Å². The van der Waals surface area contributed by atoms with Crippen molar-refractivity contribution in [2.75, 3.05) is 7.05 Å². The first-order valence-corrected chi connectivity index (χ1v) is 6.94. The Morgan fingerprint density at radius 2 is 2.04 bits per heavy atom. The summed E-state index contributed by atoms with van der Waals surface area (Å²) in [7, 11) is 1.57. The molecule has 1 aromatic rings. The quantitative estimate of drug-likeness (QED) is 0.602. The van der Waals surface area contributed by atoms with Crippen molar-refractivity contribution in [3.8, 4) is 0 Å².